The molecule has 1 aliphatic rings. The summed E-state index contributed by atoms with van der Waals surface area (Å²) in [6.45, 7) is 3.81. The molecule has 3 aromatic heterocycles. The van der Waals surface area contributed by atoms with Crippen LogP contribution in [0.1, 0.15) is 11.3 Å². The lowest BCUT2D eigenvalue weighted by Gasteiger charge is -2.28. The van der Waals surface area contributed by atoms with Crippen LogP contribution in [0.3, 0.4) is 0 Å². The number of furan rings is 1. The molecule has 0 unspecified atom stereocenters. The quantitative estimate of drug-likeness (QED) is 0.264. The minimum atomic E-state index is -0.975. The molecule has 1 aliphatic heterocycles. The predicted octanol–water partition coefficient (Wildman–Crippen LogP) is 6.09. The number of benzene rings is 2. The smallest absolute Gasteiger partial charge is 0.417 e. The molecule has 10 nitrogen and oxygen atoms in total. The first kappa shape index (κ1) is 24.7. The minimum absolute atomic E-state index is 0.0192. The van der Waals surface area contributed by atoms with Crippen molar-refractivity contribution in [2.24, 2.45) is 0 Å². The zero-order chi connectivity index (χ0) is 27.3. The number of pyridine rings is 1. The lowest BCUT2D eigenvalue weighted by atomic mass is 10.1. The molecule has 0 saturated heterocycles. The van der Waals surface area contributed by atoms with Crippen LogP contribution in [0, 0.1) is 13.8 Å². The number of rotatable bonds is 4. The lowest BCUT2D eigenvalue weighted by molar-refractivity contribution is -0.0718. The maximum Gasteiger partial charge on any atom is 0.417 e. The van der Waals surface area contributed by atoms with Crippen molar-refractivity contribution in [1.29, 1.82) is 0 Å². The van der Waals surface area contributed by atoms with Crippen molar-refractivity contribution < 1.29 is 28.2 Å². The molecular formula is C28H23ClN4O6. The SMILES string of the molecule is COc1cnc2c(-c3cc4c5c(cc(Cl)c4o3)O[C@H](OC(=O)N(C)c3ccc(C)nc3)CO5)cc(C)cc2n1. The first-order valence-corrected chi connectivity index (χ1v) is 12.4. The third-order valence-corrected chi connectivity index (χ3v) is 6.61. The summed E-state index contributed by atoms with van der Waals surface area (Å²) in [5, 5.41) is 0.939. The van der Waals surface area contributed by atoms with Gasteiger partial charge in [0.25, 0.3) is 6.29 Å². The minimum Gasteiger partial charge on any atom is -0.481 e. The monoisotopic (exact) mass is 546 g/mol. The molecular weight excluding hydrogens is 524 g/mol. The number of aryl methyl sites for hydroxylation is 2. The van der Waals surface area contributed by atoms with E-state index in [0.29, 0.717) is 55.9 Å². The zero-order valence-electron chi connectivity index (χ0n) is 21.5. The fourth-order valence-corrected chi connectivity index (χ4v) is 4.60. The molecule has 39 heavy (non-hydrogen) atoms. The van der Waals surface area contributed by atoms with Gasteiger partial charge in [0.15, 0.2) is 23.7 Å². The summed E-state index contributed by atoms with van der Waals surface area (Å²) < 4.78 is 28.9. The average Bonchev–Trinajstić information content (AvgIpc) is 3.38. The molecule has 5 aromatic rings. The van der Waals surface area contributed by atoms with Gasteiger partial charge in [-0.05, 0) is 49.7 Å². The normalized spacial score (nSPS) is 14.4. The van der Waals surface area contributed by atoms with Crippen LogP contribution in [0.2, 0.25) is 5.02 Å². The van der Waals surface area contributed by atoms with E-state index in [1.807, 2.05) is 38.1 Å². The second kappa shape index (κ2) is 9.63. The van der Waals surface area contributed by atoms with Crippen molar-refractivity contribution in [2.45, 2.75) is 20.1 Å². The highest BCUT2D eigenvalue weighted by Crippen LogP contribution is 2.46. The summed E-state index contributed by atoms with van der Waals surface area (Å²) in [7, 11) is 3.14. The number of amides is 1. The van der Waals surface area contributed by atoms with Crippen molar-refractivity contribution in [2.75, 3.05) is 25.7 Å². The summed E-state index contributed by atoms with van der Waals surface area (Å²) >= 11 is 6.58. The third-order valence-electron chi connectivity index (χ3n) is 6.33. The maximum atomic E-state index is 12.7. The van der Waals surface area contributed by atoms with Gasteiger partial charge in [-0.1, -0.05) is 11.6 Å². The van der Waals surface area contributed by atoms with E-state index < -0.39 is 12.4 Å². The Bertz CT molecular complexity index is 1740. The second-order valence-electron chi connectivity index (χ2n) is 9.09. The molecule has 0 saturated carbocycles. The van der Waals surface area contributed by atoms with Crippen LogP contribution in [0.25, 0.3) is 33.3 Å². The number of halogens is 1. The van der Waals surface area contributed by atoms with Gasteiger partial charge < -0.3 is 23.4 Å². The van der Waals surface area contributed by atoms with Crippen molar-refractivity contribution in [3.8, 4) is 28.7 Å². The molecule has 198 valence electrons. The largest absolute Gasteiger partial charge is 0.481 e. The molecule has 0 bridgehead atoms. The number of hydrogen-bond acceptors (Lipinski definition) is 9. The Kier molecular flexibility index (Phi) is 6.11. The van der Waals surface area contributed by atoms with Crippen LogP contribution < -0.4 is 19.1 Å². The van der Waals surface area contributed by atoms with E-state index in [1.165, 1.54) is 4.90 Å². The number of hydrogen-bond donors (Lipinski definition) is 0. The Morgan fingerprint density at radius 2 is 1.97 bits per heavy atom. The standard InChI is InChI=1S/C28H23ClN4O6/c1-14-7-17(25-20(8-14)32-23(35-4)12-31-25)21-9-18-26(38-21)19(29)10-22-27(18)36-13-24(37-22)39-28(34)33(3)16-6-5-15(2)30-11-16/h5-12,24H,13H2,1-4H3/t24-/m1/s1. The lowest BCUT2D eigenvalue weighted by Crippen LogP contribution is -2.38. The van der Waals surface area contributed by atoms with Gasteiger partial charge in [0.1, 0.15) is 5.76 Å². The van der Waals surface area contributed by atoms with Gasteiger partial charge >= 0.3 is 6.09 Å². The van der Waals surface area contributed by atoms with Crippen LogP contribution in [0.15, 0.2) is 53.2 Å². The first-order valence-electron chi connectivity index (χ1n) is 12.0. The molecule has 11 heteroatoms. The Morgan fingerprint density at radius 1 is 1.13 bits per heavy atom. The third kappa shape index (κ3) is 4.52. The summed E-state index contributed by atoms with van der Waals surface area (Å²) in [5.74, 6) is 1.74. The van der Waals surface area contributed by atoms with Gasteiger partial charge in [-0.25, -0.2) is 14.8 Å². The molecule has 0 N–H and O–H groups in total. The second-order valence-corrected chi connectivity index (χ2v) is 9.50. The highest BCUT2D eigenvalue weighted by atomic mass is 35.5. The fraction of sp³-hybridized carbons (Fsp3) is 0.214. The summed E-state index contributed by atoms with van der Waals surface area (Å²) in [6, 6.07) is 10.9. The molecule has 2 aromatic carbocycles. The summed E-state index contributed by atoms with van der Waals surface area (Å²) in [4.78, 5) is 27.3. The van der Waals surface area contributed by atoms with Crippen LogP contribution in [-0.4, -0.2) is 48.1 Å². The van der Waals surface area contributed by atoms with Crippen molar-refractivity contribution in [3.63, 3.8) is 0 Å². The molecule has 6 rings (SSSR count). The van der Waals surface area contributed by atoms with Crippen LogP contribution >= 0.6 is 11.6 Å². The van der Waals surface area contributed by atoms with Crippen LogP contribution in [0.4, 0.5) is 10.5 Å². The first-order chi connectivity index (χ1) is 18.8. The van der Waals surface area contributed by atoms with Gasteiger partial charge in [0, 0.05) is 24.4 Å². The number of methoxy groups -OCH3 is 1. The molecule has 1 amide bonds. The molecule has 0 radical (unpaired) electrons. The molecule has 0 aliphatic carbocycles. The van der Waals surface area contributed by atoms with E-state index in [1.54, 1.807) is 38.7 Å². The van der Waals surface area contributed by atoms with E-state index in [0.717, 1.165) is 16.8 Å². The zero-order valence-corrected chi connectivity index (χ0v) is 22.3. The Labute approximate surface area is 228 Å². The number of anilines is 1. The van der Waals surface area contributed by atoms with E-state index in [4.69, 9.17) is 35.0 Å². The number of carbonyl (C=O) groups excluding carboxylic acids is 1. The van der Waals surface area contributed by atoms with Gasteiger partial charge in [-0.2, -0.15) is 0 Å². The topological polar surface area (TPSA) is 109 Å². The van der Waals surface area contributed by atoms with Crippen molar-refractivity contribution >= 4 is 45.4 Å². The Hall–Kier alpha value is -4.57. The van der Waals surface area contributed by atoms with Gasteiger partial charge in [0.2, 0.25) is 5.88 Å². The summed E-state index contributed by atoms with van der Waals surface area (Å²) in [6.07, 6.45) is 1.57. The molecule has 1 atom stereocenters. The van der Waals surface area contributed by atoms with Crippen LogP contribution in [-0.2, 0) is 4.74 Å². The van der Waals surface area contributed by atoms with E-state index in [-0.39, 0.29) is 6.61 Å². The number of aromatic nitrogens is 3. The number of fused-ring (bicyclic) bond motifs is 4. The number of ether oxygens (including phenoxy) is 4. The number of carbonyl (C=O) groups is 1. The maximum absolute atomic E-state index is 12.7. The highest BCUT2D eigenvalue weighted by molar-refractivity contribution is 6.35. The van der Waals surface area contributed by atoms with E-state index >= 15 is 0 Å². The Balaban J connectivity index is 1.30. The van der Waals surface area contributed by atoms with Gasteiger partial charge in [-0.3, -0.25) is 9.88 Å². The van der Waals surface area contributed by atoms with Crippen molar-refractivity contribution in [3.05, 3.63) is 65.1 Å². The average molecular weight is 547 g/mol. The fourth-order valence-electron chi connectivity index (χ4n) is 4.36. The van der Waals surface area contributed by atoms with E-state index in [9.17, 15) is 4.79 Å². The number of nitrogens with zero attached hydrogens (tertiary/aromatic N) is 4. The Morgan fingerprint density at radius 3 is 2.74 bits per heavy atom. The molecule has 0 spiro atoms. The van der Waals surface area contributed by atoms with Crippen molar-refractivity contribution in [1.82, 2.24) is 15.0 Å². The summed E-state index contributed by atoms with van der Waals surface area (Å²) in [5.41, 5.74) is 4.92. The van der Waals surface area contributed by atoms with Crippen LogP contribution in [0.5, 0.6) is 17.4 Å². The predicted molar refractivity (Wildman–Crippen MR) is 145 cm³/mol. The van der Waals surface area contributed by atoms with Gasteiger partial charge in [-0.15, -0.1) is 0 Å². The van der Waals surface area contributed by atoms with E-state index in [2.05, 4.69) is 15.0 Å². The molecule has 0 fully saturated rings. The van der Waals surface area contributed by atoms with Gasteiger partial charge in [0.05, 0.1) is 46.6 Å². The molecule has 4 heterocycles. The highest BCUT2D eigenvalue weighted by Gasteiger charge is 2.30.